The Morgan fingerprint density at radius 3 is 2.32 bits per heavy atom. The fraction of sp³-hybridized carbons (Fsp3) is 0.111. The molecule has 0 saturated heterocycles. The van der Waals surface area contributed by atoms with Crippen molar-refractivity contribution in [2.75, 3.05) is 10.6 Å². The number of nitrogens with zero attached hydrogens (tertiary/aromatic N) is 1. The van der Waals surface area contributed by atoms with Crippen LogP contribution in [0.5, 0.6) is 0 Å². The third-order valence-corrected chi connectivity index (χ3v) is 5.04. The molecule has 6 nitrogen and oxygen atoms in total. The number of urea groups is 1. The van der Waals surface area contributed by atoms with Crippen LogP contribution in [0.15, 0.2) is 48.8 Å². The maximum absolute atomic E-state index is 12.9. The Morgan fingerprint density at radius 2 is 1.68 bits per heavy atom. The first-order valence-electron chi connectivity index (χ1n) is 7.67. The molecule has 0 fully saturated rings. The van der Waals surface area contributed by atoms with Crippen molar-refractivity contribution in [3.05, 3.63) is 64.8 Å². The molecule has 2 heterocycles. The Hall–Kier alpha value is -3.06. The monoisotopic (exact) mass is 354 g/mol. The molecule has 0 unspecified atom stereocenters. The van der Waals surface area contributed by atoms with E-state index in [4.69, 9.17) is 5.73 Å². The molecule has 1 aromatic carbocycles. The molecule has 25 heavy (non-hydrogen) atoms. The highest BCUT2D eigenvalue weighted by Crippen LogP contribution is 2.31. The normalized spacial score (nSPS) is 10.5. The third-order valence-electron chi connectivity index (χ3n) is 3.82. The second kappa shape index (κ2) is 6.82. The molecule has 0 saturated carbocycles. The molecule has 0 radical (unpaired) electrons. The summed E-state index contributed by atoms with van der Waals surface area (Å²) in [6, 6.07) is 10.0. The summed E-state index contributed by atoms with van der Waals surface area (Å²) in [4.78, 5) is 24.9. The molecule has 3 aromatic rings. The summed E-state index contributed by atoms with van der Waals surface area (Å²) in [6.07, 6.45) is 3.83. The van der Waals surface area contributed by atoms with Crippen molar-refractivity contribution in [1.82, 2.24) is 4.57 Å². The highest BCUT2D eigenvalue weighted by atomic mass is 32.1. The minimum atomic E-state index is -0.650. The van der Waals surface area contributed by atoms with Crippen molar-refractivity contribution in [1.29, 1.82) is 0 Å². The highest BCUT2D eigenvalue weighted by molar-refractivity contribution is 7.15. The van der Waals surface area contributed by atoms with E-state index >= 15 is 0 Å². The van der Waals surface area contributed by atoms with E-state index in [1.807, 2.05) is 42.9 Å². The van der Waals surface area contributed by atoms with E-state index in [9.17, 15) is 9.59 Å². The zero-order chi connectivity index (χ0) is 18.0. The minimum absolute atomic E-state index is 0.193. The number of nitrogens with one attached hydrogen (secondary N) is 2. The summed E-state index contributed by atoms with van der Waals surface area (Å²) in [5.74, 6) is -0.193. The Bertz CT molecular complexity index is 929. The molecule has 0 atom stereocenters. The molecule has 128 valence electrons. The van der Waals surface area contributed by atoms with Crippen LogP contribution in [0.2, 0.25) is 0 Å². The van der Waals surface area contributed by atoms with Crippen LogP contribution in [0.1, 0.15) is 20.8 Å². The van der Waals surface area contributed by atoms with E-state index in [0.717, 1.165) is 15.4 Å². The number of anilines is 2. The summed E-state index contributed by atoms with van der Waals surface area (Å²) in [5, 5.41) is 6.26. The van der Waals surface area contributed by atoms with Crippen molar-refractivity contribution in [2.45, 2.75) is 13.8 Å². The number of carbonyl (C=O) groups excluding carboxylic acids is 2. The van der Waals surface area contributed by atoms with Crippen molar-refractivity contribution < 1.29 is 9.59 Å². The second-order valence-electron chi connectivity index (χ2n) is 5.58. The van der Waals surface area contributed by atoms with Gasteiger partial charge in [0.05, 0.1) is 5.56 Å². The van der Waals surface area contributed by atoms with Gasteiger partial charge in [-0.1, -0.05) is 6.07 Å². The maximum Gasteiger partial charge on any atom is 0.316 e. The van der Waals surface area contributed by atoms with Gasteiger partial charge < -0.3 is 20.9 Å². The van der Waals surface area contributed by atoms with Crippen molar-refractivity contribution in [3.63, 3.8) is 0 Å². The molecule has 0 aliphatic rings. The van der Waals surface area contributed by atoms with E-state index in [2.05, 4.69) is 10.6 Å². The van der Waals surface area contributed by atoms with Gasteiger partial charge in [-0.3, -0.25) is 4.79 Å². The molecule has 3 amide bonds. The first-order chi connectivity index (χ1) is 12.0. The average Bonchev–Trinajstić information content (AvgIpc) is 3.16. The van der Waals surface area contributed by atoms with Gasteiger partial charge in [0.15, 0.2) is 0 Å². The maximum atomic E-state index is 12.9. The molecule has 0 aliphatic heterocycles. The zero-order valence-corrected chi connectivity index (χ0v) is 14.7. The molecule has 3 rings (SSSR count). The van der Waals surface area contributed by atoms with E-state index < -0.39 is 6.03 Å². The van der Waals surface area contributed by atoms with Crippen LogP contribution < -0.4 is 16.4 Å². The standard InChI is InChI=1S/C18H18N4O2S/c1-11-12(2)25-17(22-8-3-4-9-22)15(11)16(23)20-13-6-5-7-14(10-13)21-18(19)24/h3-10H,1-2H3,(H,20,23)(H3,19,21,24). The molecular weight excluding hydrogens is 336 g/mol. The van der Waals surface area contributed by atoms with Crippen molar-refractivity contribution >= 4 is 34.6 Å². The number of hydrogen-bond donors (Lipinski definition) is 3. The van der Waals surface area contributed by atoms with Crippen LogP contribution in [-0.4, -0.2) is 16.5 Å². The summed E-state index contributed by atoms with van der Waals surface area (Å²) in [5.41, 5.74) is 7.83. The third kappa shape index (κ3) is 3.56. The molecule has 4 N–H and O–H groups in total. The van der Waals surface area contributed by atoms with Gasteiger partial charge in [0.1, 0.15) is 5.00 Å². The van der Waals surface area contributed by atoms with Gasteiger partial charge in [-0.05, 0) is 49.7 Å². The van der Waals surface area contributed by atoms with Crippen molar-refractivity contribution in [3.8, 4) is 5.00 Å². The first kappa shape index (κ1) is 16.8. The lowest BCUT2D eigenvalue weighted by Crippen LogP contribution is -2.19. The lowest BCUT2D eigenvalue weighted by molar-refractivity contribution is 0.102. The molecule has 7 heteroatoms. The predicted octanol–water partition coefficient (Wildman–Crippen LogP) is 3.90. The Kier molecular flexibility index (Phi) is 4.58. The van der Waals surface area contributed by atoms with Crippen LogP contribution in [-0.2, 0) is 0 Å². The molecule has 2 aromatic heterocycles. The second-order valence-corrected chi connectivity index (χ2v) is 6.78. The van der Waals surface area contributed by atoms with Gasteiger partial charge in [-0.15, -0.1) is 11.3 Å². The number of nitrogens with two attached hydrogens (primary N) is 1. The highest BCUT2D eigenvalue weighted by Gasteiger charge is 2.20. The van der Waals surface area contributed by atoms with Crippen LogP contribution in [0.3, 0.4) is 0 Å². The summed E-state index contributed by atoms with van der Waals surface area (Å²) in [6.45, 7) is 3.94. The van der Waals surface area contributed by atoms with Gasteiger partial charge in [0, 0.05) is 28.6 Å². The number of benzene rings is 1. The molecule has 0 bridgehead atoms. The van der Waals surface area contributed by atoms with Crippen LogP contribution in [0, 0.1) is 13.8 Å². The van der Waals surface area contributed by atoms with Gasteiger partial charge in [0.25, 0.3) is 5.91 Å². The number of thiophene rings is 1. The smallest absolute Gasteiger partial charge is 0.316 e. The van der Waals surface area contributed by atoms with Crippen LogP contribution >= 0.6 is 11.3 Å². The Balaban J connectivity index is 1.91. The molecular formula is C18H18N4O2S. The van der Waals surface area contributed by atoms with Crippen LogP contribution in [0.25, 0.3) is 5.00 Å². The number of aromatic nitrogens is 1. The average molecular weight is 354 g/mol. The first-order valence-corrected chi connectivity index (χ1v) is 8.48. The number of carbonyl (C=O) groups is 2. The largest absolute Gasteiger partial charge is 0.351 e. The number of aryl methyl sites for hydroxylation is 1. The summed E-state index contributed by atoms with van der Waals surface area (Å²) >= 11 is 1.58. The Labute approximate surface area is 149 Å². The SMILES string of the molecule is Cc1sc(-n2cccc2)c(C(=O)Nc2cccc(NC(N)=O)c2)c1C. The van der Waals surface area contributed by atoms with Gasteiger partial charge in [0.2, 0.25) is 0 Å². The topological polar surface area (TPSA) is 89.2 Å². The van der Waals surface area contributed by atoms with E-state index in [1.54, 1.807) is 35.6 Å². The Morgan fingerprint density at radius 1 is 1.04 bits per heavy atom. The minimum Gasteiger partial charge on any atom is -0.351 e. The lowest BCUT2D eigenvalue weighted by Gasteiger charge is -2.10. The number of rotatable bonds is 4. The molecule has 0 spiro atoms. The zero-order valence-electron chi connectivity index (χ0n) is 13.9. The molecule has 0 aliphatic carbocycles. The van der Waals surface area contributed by atoms with Gasteiger partial charge in [-0.25, -0.2) is 4.79 Å². The van der Waals surface area contributed by atoms with E-state index in [-0.39, 0.29) is 5.91 Å². The number of amides is 3. The fourth-order valence-electron chi connectivity index (χ4n) is 2.54. The van der Waals surface area contributed by atoms with E-state index in [1.165, 1.54) is 0 Å². The van der Waals surface area contributed by atoms with Crippen LogP contribution in [0.4, 0.5) is 16.2 Å². The lowest BCUT2D eigenvalue weighted by atomic mass is 10.1. The van der Waals surface area contributed by atoms with E-state index in [0.29, 0.717) is 16.9 Å². The van der Waals surface area contributed by atoms with Crippen molar-refractivity contribution in [2.24, 2.45) is 5.73 Å². The van der Waals surface area contributed by atoms with Gasteiger partial charge >= 0.3 is 6.03 Å². The quantitative estimate of drug-likeness (QED) is 0.663. The fourth-order valence-corrected chi connectivity index (χ4v) is 3.66. The summed E-state index contributed by atoms with van der Waals surface area (Å²) in [7, 11) is 0. The predicted molar refractivity (Wildman–Crippen MR) is 101 cm³/mol. The number of hydrogen-bond acceptors (Lipinski definition) is 3. The van der Waals surface area contributed by atoms with Gasteiger partial charge in [-0.2, -0.15) is 0 Å². The number of primary amides is 1. The summed E-state index contributed by atoms with van der Waals surface area (Å²) < 4.78 is 1.94.